The van der Waals surface area contributed by atoms with E-state index < -0.39 is 0 Å². The van der Waals surface area contributed by atoms with Crippen LogP contribution in [0.1, 0.15) is 30.9 Å². The van der Waals surface area contributed by atoms with E-state index >= 15 is 0 Å². The number of nitrogens with zero attached hydrogens (tertiary/aromatic N) is 4. The molecule has 1 aliphatic heterocycles. The number of aryl methyl sites for hydroxylation is 1. The molecule has 1 aliphatic rings. The summed E-state index contributed by atoms with van der Waals surface area (Å²) in [6.45, 7) is 3.22. The monoisotopic (exact) mass is 271 g/mol. The van der Waals surface area contributed by atoms with Crippen molar-refractivity contribution in [3.05, 3.63) is 42.4 Å². The van der Waals surface area contributed by atoms with E-state index in [2.05, 4.69) is 27.1 Å². The van der Waals surface area contributed by atoms with Crippen LogP contribution >= 0.6 is 0 Å². The normalized spacial score (nSPS) is 19.5. The number of hydrogen-bond acceptors (Lipinski definition) is 4. The molecule has 2 N–H and O–H groups in total. The first-order chi connectivity index (χ1) is 9.83. The summed E-state index contributed by atoms with van der Waals surface area (Å²) in [7, 11) is 0. The van der Waals surface area contributed by atoms with Gasteiger partial charge in [0.2, 0.25) is 0 Å². The van der Waals surface area contributed by atoms with Gasteiger partial charge in [-0.15, -0.1) is 0 Å². The van der Waals surface area contributed by atoms with Gasteiger partial charge in [-0.2, -0.15) is 5.10 Å². The first kappa shape index (κ1) is 13.1. The van der Waals surface area contributed by atoms with Crippen LogP contribution in [0.2, 0.25) is 0 Å². The third-order valence-corrected chi connectivity index (χ3v) is 3.95. The lowest BCUT2D eigenvalue weighted by atomic mass is 10.1. The van der Waals surface area contributed by atoms with Crippen molar-refractivity contribution in [1.29, 1.82) is 0 Å². The summed E-state index contributed by atoms with van der Waals surface area (Å²) in [5, 5.41) is 4.22. The Bertz CT molecular complexity index is 536. The molecule has 1 atom stereocenters. The smallest absolute Gasteiger partial charge is 0.145 e. The largest absolute Gasteiger partial charge is 0.382 e. The zero-order valence-corrected chi connectivity index (χ0v) is 11.7. The summed E-state index contributed by atoms with van der Waals surface area (Å²) in [6.07, 6.45) is 9.35. The Balaban J connectivity index is 1.54. The van der Waals surface area contributed by atoms with Gasteiger partial charge in [0.25, 0.3) is 0 Å². The molecule has 1 saturated heterocycles. The van der Waals surface area contributed by atoms with Gasteiger partial charge >= 0.3 is 0 Å². The van der Waals surface area contributed by atoms with Gasteiger partial charge in [0.1, 0.15) is 5.82 Å². The summed E-state index contributed by atoms with van der Waals surface area (Å²) in [5.41, 5.74) is 7.01. The van der Waals surface area contributed by atoms with E-state index in [1.807, 2.05) is 29.3 Å². The van der Waals surface area contributed by atoms with Gasteiger partial charge < -0.3 is 5.73 Å². The lowest BCUT2D eigenvalue weighted by Crippen LogP contribution is -2.25. The highest BCUT2D eigenvalue weighted by Crippen LogP contribution is 2.31. The minimum Gasteiger partial charge on any atom is -0.382 e. The number of likely N-dealkylation sites (tertiary alicyclic amines) is 1. The Morgan fingerprint density at radius 1 is 1.20 bits per heavy atom. The molecular weight excluding hydrogens is 250 g/mol. The number of rotatable bonds is 5. The van der Waals surface area contributed by atoms with Gasteiger partial charge in [-0.25, -0.2) is 0 Å². The molecule has 5 nitrogen and oxygen atoms in total. The number of aromatic nitrogens is 3. The summed E-state index contributed by atoms with van der Waals surface area (Å²) >= 11 is 0. The molecule has 0 aromatic carbocycles. The molecule has 2 aromatic rings. The van der Waals surface area contributed by atoms with E-state index in [1.54, 1.807) is 0 Å². The molecule has 3 rings (SSSR count). The third-order valence-electron chi connectivity index (χ3n) is 3.95. The van der Waals surface area contributed by atoms with Crippen LogP contribution in [-0.2, 0) is 6.54 Å². The minimum atomic E-state index is 0.556. The fraction of sp³-hybridized carbons (Fsp3) is 0.467. The second-order valence-electron chi connectivity index (χ2n) is 5.33. The number of nitrogen functional groups attached to an aromatic ring is 1. The first-order valence-corrected chi connectivity index (χ1v) is 7.26. The molecule has 2 aromatic heterocycles. The van der Waals surface area contributed by atoms with Gasteiger partial charge in [-0.3, -0.25) is 14.6 Å². The Morgan fingerprint density at radius 2 is 2.05 bits per heavy atom. The zero-order valence-electron chi connectivity index (χ0n) is 11.7. The molecule has 1 unspecified atom stereocenters. The molecular formula is C15H21N5. The van der Waals surface area contributed by atoms with Gasteiger partial charge in [0, 0.05) is 37.7 Å². The maximum atomic E-state index is 5.62. The summed E-state index contributed by atoms with van der Waals surface area (Å²) < 4.78 is 1.92. The number of nitrogens with two attached hydrogens (primary N) is 1. The van der Waals surface area contributed by atoms with Crippen LogP contribution < -0.4 is 5.73 Å². The van der Waals surface area contributed by atoms with Crippen LogP contribution in [0.4, 0.5) is 5.82 Å². The maximum absolute atomic E-state index is 5.62. The highest BCUT2D eigenvalue weighted by molar-refractivity contribution is 5.23. The van der Waals surface area contributed by atoms with Crippen molar-refractivity contribution >= 4 is 5.82 Å². The van der Waals surface area contributed by atoms with Gasteiger partial charge in [0.15, 0.2) is 0 Å². The third kappa shape index (κ3) is 2.99. The van der Waals surface area contributed by atoms with Crippen LogP contribution in [0.15, 0.2) is 36.8 Å². The quantitative estimate of drug-likeness (QED) is 0.904. The second kappa shape index (κ2) is 6.05. The van der Waals surface area contributed by atoms with E-state index in [1.165, 1.54) is 24.9 Å². The molecule has 0 aliphatic carbocycles. The summed E-state index contributed by atoms with van der Waals surface area (Å²) in [5.74, 6) is 0.598. The molecule has 5 heteroatoms. The van der Waals surface area contributed by atoms with Gasteiger partial charge in [0.05, 0.1) is 0 Å². The second-order valence-corrected chi connectivity index (χ2v) is 5.33. The van der Waals surface area contributed by atoms with E-state index in [4.69, 9.17) is 5.73 Å². The highest BCUT2D eigenvalue weighted by atomic mass is 15.3. The van der Waals surface area contributed by atoms with Crippen molar-refractivity contribution < 1.29 is 0 Å². The lowest BCUT2D eigenvalue weighted by Gasteiger charge is -2.24. The van der Waals surface area contributed by atoms with Crippen LogP contribution in [0.25, 0.3) is 0 Å². The van der Waals surface area contributed by atoms with Gasteiger partial charge in [-0.05, 0) is 49.6 Å². The van der Waals surface area contributed by atoms with Crippen LogP contribution in [-0.4, -0.2) is 32.8 Å². The molecule has 0 amide bonds. The average molecular weight is 271 g/mol. The standard InChI is InChI=1S/C15H21N5/c16-15-6-12-20(18-15)11-2-10-19-9-1-3-14(19)13-4-7-17-8-5-13/h4-8,12,14H,1-3,9-11H2,(H2,16,18). The maximum Gasteiger partial charge on any atom is 0.145 e. The molecule has 106 valence electrons. The minimum absolute atomic E-state index is 0.556. The number of pyridine rings is 1. The highest BCUT2D eigenvalue weighted by Gasteiger charge is 2.25. The van der Waals surface area contributed by atoms with Crippen molar-refractivity contribution in [2.75, 3.05) is 18.8 Å². The SMILES string of the molecule is Nc1ccn(CCCN2CCCC2c2ccncc2)n1. The predicted octanol–water partition coefficient (Wildman–Crippen LogP) is 2.09. The van der Waals surface area contributed by atoms with E-state index in [9.17, 15) is 0 Å². The summed E-state index contributed by atoms with van der Waals surface area (Å²) in [4.78, 5) is 6.68. The van der Waals surface area contributed by atoms with Gasteiger partial charge in [-0.1, -0.05) is 0 Å². The zero-order chi connectivity index (χ0) is 13.8. The predicted molar refractivity (Wildman–Crippen MR) is 79.0 cm³/mol. The van der Waals surface area contributed by atoms with E-state index in [-0.39, 0.29) is 0 Å². The molecule has 3 heterocycles. The van der Waals surface area contributed by atoms with E-state index in [0.29, 0.717) is 11.9 Å². The Hall–Kier alpha value is -1.88. The van der Waals surface area contributed by atoms with Crippen LogP contribution in [0.3, 0.4) is 0 Å². The fourth-order valence-corrected chi connectivity index (χ4v) is 2.99. The Kier molecular flexibility index (Phi) is 3.97. The molecule has 20 heavy (non-hydrogen) atoms. The molecule has 0 saturated carbocycles. The van der Waals surface area contributed by atoms with Crippen molar-refractivity contribution in [3.63, 3.8) is 0 Å². The van der Waals surface area contributed by atoms with Crippen molar-refractivity contribution in [3.8, 4) is 0 Å². The number of hydrogen-bond donors (Lipinski definition) is 1. The Morgan fingerprint density at radius 3 is 2.80 bits per heavy atom. The number of anilines is 1. The van der Waals surface area contributed by atoms with Crippen LogP contribution in [0.5, 0.6) is 0 Å². The molecule has 0 bridgehead atoms. The van der Waals surface area contributed by atoms with Crippen LogP contribution in [0, 0.1) is 0 Å². The lowest BCUT2D eigenvalue weighted by molar-refractivity contribution is 0.247. The van der Waals surface area contributed by atoms with Crippen molar-refractivity contribution in [1.82, 2.24) is 19.7 Å². The van der Waals surface area contributed by atoms with E-state index in [0.717, 1.165) is 19.5 Å². The van der Waals surface area contributed by atoms with Crippen molar-refractivity contribution in [2.45, 2.75) is 31.8 Å². The first-order valence-electron chi connectivity index (χ1n) is 7.26. The molecule has 0 spiro atoms. The topological polar surface area (TPSA) is 60.0 Å². The Labute approximate surface area is 119 Å². The average Bonchev–Trinajstić information content (AvgIpc) is 3.09. The summed E-state index contributed by atoms with van der Waals surface area (Å²) in [6, 6.07) is 6.67. The molecule has 1 fully saturated rings. The van der Waals surface area contributed by atoms with Crippen molar-refractivity contribution in [2.24, 2.45) is 0 Å². The molecule has 0 radical (unpaired) electrons. The fourth-order valence-electron chi connectivity index (χ4n) is 2.99.